The molecule has 5 nitrogen and oxygen atoms in total. The zero-order chi connectivity index (χ0) is 14.9. The molecule has 0 aliphatic carbocycles. The number of nitrogens with two attached hydrogens (primary N) is 1. The van der Waals surface area contributed by atoms with Gasteiger partial charge >= 0.3 is 0 Å². The van der Waals surface area contributed by atoms with Gasteiger partial charge in [0.25, 0.3) is 0 Å². The summed E-state index contributed by atoms with van der Waals surface area (Å²) in [6.45, 7) is 2.31. The number of halogens is 1. The Morgan fingerprint density at radius 1 is 1.55 bits per heavy atom. The largest absolute Gasteiger partial charge is 0.389 e. The quantitative estimate of drug-likeness (QED) is 0.807. The average Bonchev–Trinajstić information content (AvgIpc) is 2.74. The molecule has 2 atom stereocenters. The van der Waals surface area contributed by atoms with E-state index in [1.165, 1.54) is 6.07 Å². The van der Waals surface area contributed by atoms with E-state index >= 15 is 0 Å². The van der Waals surface area contributed by atoms with Crippen molar-refractivity contribution in [3.05, 3.63) is 29.6 Å². The fourth-order valence-corrected chi connectivity index (χ4v) is 3.53. The van der Waals surface area contributed by atoms with Crippen LogP contribution in [0.4, 0.5) is 4.39 Å². The summed E-state index contributed by atoms with van der Waals surface area (Å²) in [7, 11) is -3.76. The van der Waals surface area contributed by atoms with Gasteiger partial charge in [-0.2, -0.15) is 0 Å². The third-order valence-electron chi connectivity index (χ3n) is 3.20. The summed E-state index contributed by atoms with van der Waals surface area (Å²) in [6.07, 6.45) is 0.407. The van der Waals surface area contributed by atoms with E-state index in [1.54, 1.807) is 6.92 Å². The van der Waals surface area contributed by atoms with Crippen molar-refractivity contribution in [3.63, 3.8) is 0 Å². The van der Waals surface area contributed by atoms with Crippen LogP contribution in [-0.2, 0) is 14.8 Å². The highest BCUT2D eigenvalue weighted by atomic mass is 32.2. The zero-order valence-corrected chi connectivity index (χ0v) is 12.4. The molecule has 8 heteroatoms. The van der Waals surface area contributed by atoms with Gasteiger partial charge < -0.3 is 10.5 Å². The summed E-state index contributed by atoms with van der Waals surface area (Å²) in [4.78, 5) is -0.252. The number of thiocarbonyl (C=S) groups is 1. The molecule has 1 saturated heterocycles. The van der Waals surface area contributed by atoms with Crippen molar-refractivity contribution < 1.29 is 17.5 Å². The van der Waals surface area contributed by atoms with E-state index in [1.807, 2.05) is 0 Å². The van der Waals surface area contributed by atoms with Crippen LogP contribution < -0.4 is 10.5 Å². The van der Waals surface area contributed by atoms with Gasteiger partial charge in [-0.3, -0.25) is 0 Å². The lowest BCUT2D eigenvalue weighted by molar-refractivity contribution is 0.117. The van der Waals surface area contributed by atoms with Gasteiger partial charge in [0, 0.05) is 12.2 Å². The van der Waals surface area contributed by atoms with Crippen LogP contribution in [0.5, 0.6) is 0 Å². The van der Waals surface area contributed by atoms with E-state index < -0.39 is 15.8 Å². The lowest BCUT2D eigenvalue weighted by Gasteiger charge is -2.16. The summed E-state index contributed by atoms with van der Waals surface area (Å²) >= 11 is 4.70. The second-order valence-corrected chi connectivity index (χ2v) is 6.75. The Morgan fingerprint density at radius 2 is 2.25 bits per heavy atom. The van der Waals surface area contributed by atoms with E-state index in [4.69, 9.17) is 22.7 Å². The molecule has 0 saturated carbocycles. The highest BCUT2D eigenvalue weighted by Crippen LogP contribution is 2.19. The van der Waals surface area contributed by atoms with Crippen molar-refractivity contribution in [2.75, 3.05) is 6.61 Å². The Hall–Kier alpha value is -1.09. The first-order valence-corrected chi connectivity index (χ1v) is 7.93. The van der Waals surface area contributed by atoms with Crippen LogP contribution in [-0.4, -0.2) is 32.2 Å². The van der Waals surface area contributed by atoms with E-state index in [9.17, 15) is 12.8 Å². The number of nitrogens with one attached hydrogen (secondary N) is 1. The SMILES string of the molecule is CC1OCCC1NS(=O)(=O)c1ccc(F)c(C(N)=S)c1. The summed E-state index contributed by atoms with van der Waals surface area (Å²) in [5.41, 5.74) is 5.28. The third kappa shape index (κ3) is 3.14. The number of rotatable bonds is 4. The van der Waals surface area contributed by atoms with Gasteiger partial charge in [-0.25, -0.2) is 17.5 Å². The van der Waals surface area contributed by atoms with Crippen LogP contribution in [0, 0.1) is 5.82 Å². The number of hydrogen-bond acceptors (Lipinski definition) is 4. The van der Waals surface area contributed by atoms with E-state index in [0.717, 1.165) is 12.1 Å². The molecule has 0 radical (unpaired) electrons. The smallest absolute Gasteiger partial charge is 0.240 e. The van der Waals surface area contributed by atoms with Gasteiger partial charge in [0.1, 0.15) is 10.8 Å². The Balaban J connectivity index is 2.30. The van der Waals surface area contributed by atoms with Crippen molar-refractivity contribution in [1.29, 1.82) is 0 Å². The molecule has 2 unspecified atom stereocenters. The summed E-state index contributed by atoms with van der Waals surface area (Å²) in [5, 5.41) is 0. The van der Waals surface area contributed by atoms with Gasteiger partial charge in [0.2, 0.25) is 10.0 Å². The number of hydrogen-bond donors (Lipinski definition) is 2. The van der Waals surface area contributed by atoms with E-state index in [0.29, 0.717) is 13.0 Å². The summed E-state index contributed by atoms with van der Waals surface area (Å²) in [6, 6.07) is 3.07. The first-order valence-electron chi connectivity index (χ1n) is 6.04. The zero-order valence-electron chi connectivity index (χ0n) is 10.8. The van der Waals surface area contributed by atoms with Crippen LogP contribution >= 0.6 is 12.2 Å². The predicted molar refractivity (Wildman–Crippen MR) is 76.4 cm³/mol. The lowest BCUT2D eigenvalue weighted by atomic mass is 10.2. The number of ether oxygens (including phenoxy) is 1. The summed E-state index contributed by atoms with van der Waals surface area (Å²) < 4.78 is 45.8. The fraction of sp³-hybridized carbons (Fsp3) is 0.417. The standard InChI is InChI=1S/C12H15FN2O3S2/c1-7-11(4-5-18-7)15-20(16,17)8-2-3-10(13)9(6-8)12(14)19/h2-3,6-7,11,15H,4-5H2,1H3,(H2,14,19). The highest BCUT2D eigenvalue weighted by molar-refractivity contribution is 7.89. The molecule has 3 N–H and O–H groups in total. The van der Waals surface area contributed by atoms with Crippen molar-refractivity contribution in [3.8, 4) is 0 Å². The van der Waals surface area contributed by atoms with Crippen molar-refractivity contribution >= 4 is 27.2 Å². The monoisotopic (exact) mass is 318 g/mol. The lowest BCUT2D eigenvalue weighted by Crippen LogP contribution is -2.39. The Labute approximate surface area is 122 Å². The van der Waals surface area contributed by atoms with Crippen LogP contribution in [0.25, 0.3) is 0 Å². The first kappa shape index (κ1) is 15.3. The normalized spacial score (nSPS) is 22.9. The maximum Gasteiger partial charge on any atom is 0.240 e. The van der Waals surface area contributed by atoms with E-state index in [2.05, 4.69) is 4.72 Å². The Morgan fingerprint density at radius 3 is 2.80 bits per heavy atom. The summed E-state index contributed by atoms with van der Waals surface area (Å²) in [5.74, 6) is -0.644. The molecule has 2 rings (SSSR count). The molecule has 1 aromatic carbocycles. The van der Waals surface area contributed by atoms with Gasteiger partial charge in [-0.1, -0.05) is 12.2 Å². The minimum Gasteiger partial charge on any atom is -0.389 e. The topological polar surface area (TPSA) is 81.4 Å². The average molecular weight is 318 g/mol. The Kier molecular flexibility index (Phi) is 4.38. The second-order valence-electron chi connectivity index (χ2n) is 4.60. The molecular formula is C12H15FN2O3S2. The second kappa shape index (κ2) is 5.72. The predicted octanol–water partition coefficient (Wildman–Crippen LogP) is 0.916. The molecule has 1 aliphatic heterocycles. The molecule has 1 aromatic rings. The maximum absolute atomic E-state index is 13.5. The minimum absolute atomic E-state index is 0.0687. The van der Waals surface area contributed by atoms with Crippen LogP contribution in [0.3, 0.4) is 0 Å². The molecular weight excluding hydrogens is 303 g/mol. The van der Waals surface area contributed by atoms with Crippen LogP contribution in [0.15, 0.2) is 23.1 Å². The number of benzene rings is 1. The molecule has 1 aliphatic rings. The van der Waals surface area contributed by atoms with Gasteiger partial charge in [0.05, 0.1) is 17.0 Å². The van der Waals surface area contributed by atoms with Crippen molar-refractivity contribution in [2.24, 2.45) is 5.73 Å². The Bertz CT molecular complexity index is 634. The van der Waals surface area contributed by atoms with Gasteiger partial charge in [-0.05, 0) is 31.5 Å². The molecule has 0 bridgehead atoms. The third-order valence-corrected chi connectivity index (χ3v) is 4.90. The van der Waals surface area contributed by atoms with Crippen molar-refractivity contribution in [1.82, 2.24) is 4.72 Å². The van der Waals surface area contributed by atoms with Crippen LogP contribution in [0.2, 0.25) is 0 Å². The van der Waals surface area contributed by atoms with Crippen molar-refractivity contribution in [2.45, 2.75) is 30.4 Å². The number of sulfonamides is 1. The molecule has 0 amide bonds. The molecule has 1 fully saturated rings. The highest BCUT2D eigenvalue weighted by Gasteiger charge is 2.29. The first-order chi connectivity index (χ1) is 9.31. The van der Waals surface area contributed by atoms with Gasteiger partial charge in [0.15, 0.2) is 0 Å². The van der Waals surface area contributed by atoms with E-state index in [-0.39, 0.29) is 27.6 Å². The molecule has 110 valence electrons. The molecule has 0 aromatic heterocycles. The molecule has 20 heavy (non-hydrogen) atoms. The van der Waals surface area contributed by atoms with Gasteiger partial charge in [-0.15, -0.1) is 0 Å². The fourth-order valence-electron chi connectivity index (χ4n) is 2.01. The van der Waals surface area contributed by atoms with Crippen LogP contribution in [0.1, 0.15) is 18.9 Å². The maximum atomic E-state index is 13.5. The molecule has 1 heterocycles. The minimum atomic E-state index is -3.76. The molecule has 0 spiro atoms.